The van der Waals surface area contributed by atoms with Crippen LogP contribution in [0.4, 0.5) is 0 Å². The summed E-state index contributed by atoms with van der Waals surface area (Å²) in [6.07, 6.45) is 5.21. The molecule has 0 saturated carbocycles. The Balaban J connectivity index is 2.84. The first-order chi connectivity index (χ1) is 9.22. The largest absolute Gasteiger partial charge is 0.494 e. The van der Waals surface area contributed by atoms with Crippen molar-refractivity contribution in [2.24, 2.45) is 0 Å². The Morgan fingerprint density at radius 1 is 1.32 bits per heavy atom. The highest BCUT2D eigenvalue weighted by atomic mass is 16.5. The van der Waals surface area contributed by atoms with Crippen LogP contribution in [0.15, 0.2) is 24.3 Å². The van der Waals surface area contributed by atoms with E-state index >= 15 is 0 Å². The molecule has 0 aliphatic rings. The molecule has 0 aliphatic carbocycles. The molecule has 1 N–H and O–H groups in total. The van der Waals surface area contributed by atoms with Crippen LogP contribution in [0, 0.1) is 12.3 Å². The molecule has 4 nitrogen and oxygen atoms in total. The van der Waals surface area contributed by atoms with Gasteiger partial charge in [0.2, 0.25) is 0 Å². The molecule has 4 heteroatoms. The van der Waals surface area contributed by atoms with E-state index in [4.69, 9.17) is 15.9 Å². The normalized spacial score (nSPS) is 11.4. The third-order valence-corrected chi connectivity index (χ3v) is 2.45. The smallest absolute Gasteiger partial charge is 0.327 e. The van der Waals surface area contributed by atoms with Crippen LogP contribution < -0.4 is 10.1 Å². The predicted molar refractivity (Wildman–Crippen MR) is 73.8 cm³/mol. The molecule has 102 valence electrons. The van der Waals surface area contributed by atoms with Crippen molar-refractivity contribution in [2.75, 3.05) is 19.8 Å². The Kier molecular flexibility index (Phi) is 6.48. The Bertz CT molecular complexity index is 434. The average molecular weight is 261 g/mol. The van der Waals surface area contributed by atoms with E-state index in [0.29, 0.717) is 19.8 Å². The van der Waals surface area contributed by atoms with Gasteiger partial charge in [-0.1, -0.05) is 18.1 Å². The zero-order chi connectivity index (χ0) is 14.1. The van der Waals surface area contributed by atoms with E-state index in [1.54, 1.807) is 6.92 Å². The van der Waals surface area contributed by atoms with E-state index in [-0.39, 0.29) is 5.97 Å². The van der Waals surface area contributed by atoms with Gasteiger partial charge in [0.15, 0.2) is 0 Å². The quantitative estimate of drug-likeness (QED) is 0.601. The summed E-state index contributed by atoms with van der Waals surface area (Å²) in [6.45, 7) is 4.94. The second-order valence-electron chi connectivity index (χ2n) is 3.77. The van der Waals surface area contributed by atoms with Crippen LogP contribution in [-0.4, -0.2) is 25.7 Å². The number of terminal acetylenes is 1. The van der Waals surface area contributed by atoms with Gasteiger partial charge >= 0.3 is 5.97 Å². The maximum absolute atomic E-state index is 11.9. The Morgan fingerprint density at radius 2 is 2.00 bits per heavy atom. The third kappa shape index (κ3) is 4.65. The van der Waals surface area contributed by atoms with Gasteiger partial charge in [-0.05, 0) is 31.5 Å². The van der Waals surface area contributed by atoms with Crippen molar-refractivity contribution < 1.29 is 14.3 Å². The standard InChI is InChI=1S/C15H19NO3/c1-4-11-16-14(15(17)19-6-3)12-7-9-13(10-8-12)18-5-2/h1,7-10,14,16H,5-6,11H2,2-3H3. The molecule has 0 amide bonds. The monoisotopic (exact) mass is 261 g/mol. The van der Waals surface area contributed by atoms with Gasteiger partial charge in [-0.15, -0.1) is 6.42 Å². The first-order valence-electron chi connectivity index (χ1n) is 6.29. The van der Waals surface area contributed by atoms with Gasteiger partial charge in [0.1, 0.15) is 11.8 Å². The van der Waals surface area contributed by atoms with Crippen LogP contribution in [0.25, 0.3) is 0 Å². The zero-order valence-corrected chi connectivity index (χ0v) is 11.3. The molecule has 1 rings (SSSR count). The minimum atomic E-state index is -0.549. The first kappa shape index (κ1) is 15.1. The van der Waals surface area contributed by atoms with Gasteiger partial charge in [0.25, 0.3) is 0 Å². The topological polar surface area (TPSA) is 47.6 Å². The second-order valence-corrected chi connectivity index (χ2v) is 3.77. The fourth-order valence-corrected chi connectivity index (χ4v) is 1.65. The van der Waals surface area contributed by atoms with Gasteiger partial charge in [-0.25, -0.2) is 4.79 Å². The molecule has 1 atom stereocenters. The highest BCUT2D eigenvalue weighted by molar-refractivity contribution is 5.77. The van der Waals surface area contributed by atoms with Gasteiger partial charge in [-0.3, -0.25) is 5.32 Å². The molecule has 0 fully saturated rings. The Morgan fingerprint density at radius 3 is 2.53 bits per heavy atom. The number of rotatable bonds is 7. The fourth-order valence-electron chi connectivity index (χ4n) is 1.65. The summed E-state index contributed by atoms with van der Waals surface area (Å²) in [5, 5.41) is 2.97. The summed E-state index contributed by atoms with van der Waals surface area (Å²) in [5.74, 6) is 2.89. The number of carbonyl (C=O) groups excluding carboxylic acids is 1. The van der Waals surface area contributed by atoms with E-state index in [0.717, 1.165) is 11.3 Å². The number of benzene rings is 1. The third-order valence-electron chi connectivity index (χ3n) is 2.45. The second kappa shape index (κ2) is 8.17. The van der Waals surface area contributed by atoms with E-state index in [1.807, 2.05) is 31.2 Å². The fraction of sp³-hybridized carbons (Fsp3) is 0.400. The molecule has 0 bridgehead atoms. The maximum atomic E-state index is 11.9. The van der Waals surface area contributed by atoms with E-state index in [9.17, 15) is 4.79 Å². The lowest BCUT2D eigenvalue weighted by molar-refractivity contribution is -0.145. The Labute approximate surface area is 114 Å². The van der Waals surface area contributed by atoms with Crippen molar-refractivity contribution >= 4 is 5.97 Å². The van der Waals surface area contributed by atoms with Crippen LogP contribution in [0.5, 0.6) is 5.75 Å². The summed E-state index contributed by atoms with van der Waals surface area (Å²) in [7, 11) is 0. The number of esters is 1. The number of carbonyl (C=O) groups is 1. The predicted octanol–water partition coefficient (Wildman–Crippen LogP) is 1.91. The molecule has 19 heavy (non-hydrogen) atoms. The van der Waals surface area contributed by atoms with E-state index in [1.165, 1.54) is 0 Å². The van der Waals surface area contributed by atoms with Crippen LogP contribution >= 0.6 is 0 Å². The molecule has 1 unspecified atom stereocenters. The van der Waals surface area contributed by atoms with Crippen molar-refractivity contribution in [1.82, 2.24) is 5.32 Å². The van der Waals surface area contributed by atoms with Crippen LogP contribution in [0.1, 0.15) is 25.5 Å². The average Bonchev–Trinajstić information content (AvgIpc) is 2.41. The number of ether oxygens (including phenoxy) is 2. The highest BCUT2D eigenvalue weighted by Crippen LogP contribution is 2.19. The lowest BCUT2D eigenvalue weighted by Crippen LogP contribution is -2.30. The molecule has 0 spiro atoms. The molecule has 0 heterocycles. The number of nitrogens with one attached hydrogen (secondary N) is 1. The van der Waals surface area contributed by atoms with Crippen LogP contribution in [-0.2, 0) is 9.53 Å². The molecular formula is C15H19NO3. The maximum Gasteiger partial charge on any atom is 0.327 e. The molecule has 0 saturated heterocycles. The van der Waals surface area contributed by atoms with Crippen LogP contribution in [0.2, 0.25) is 0 Å². The van der Waals surface area contributed by atoms with E-state index in [2.05, 4.69) is 11.2 Å². The van der Waals surface area contributed by atoms with Crippen molar-refractivity contribution in [1.29, 1.82) is 0 Å². The highest BCUT2D eigenvalue weighted by Gasteiger charge is 2.20. The molecule has 1 aromatic carbocycles. The van der Waals surface area contributed by atoms with Crippen molar-refractivity contribution in [2.45, 2.75) is 19.9 Å². The summed E-state index contributed by atoms with van der Waals surface area (Å²) < 4.78 is 10.4. The summed E-state index contributed by atoms with van der Waals surface area (Å²) in [5.41, 5.74) is 0.803. The van der Waals surface area contributed by atoms with Crippen molar-refractivity contribution in [3.63, 3.8) is 0 Å². The van der Waals surface area contributed by atoms with Gasteiger partial charge in [0.05, 0.1) is 19.8 Å². The molecular weight excluding hydrogens is 242 g/mol. The minimum Gasteiger partial charge on any atom is -0.494 e. The Hall–Kier alpha value is -1.99. The number of hydrogen-bond donors (Lipinski definition) is 1. The summed E-state index contributed by atoms with van der Waals surface area (Å²) >= 11 is 0. The van der Waals surface area contributed by atoms with Crippen LogP contribution in [0.3, 0.4) is 0 Å². The lowest BCUT2D eigenvalue weighted by Gasteiger charge is -2.16. The van der Waals surface area contributed by atoms with Gasteiger partial charge in [-0.2, -0.15) is 0 Å². The van der Waals surface area contributed by atoms with Crippen molar-refractivity contribution in [3.8, 4) is 18.1 Å². The summed E-state index contributed by atoms with van der Waals surface area (Å²) in [4.78, 5) is 11.9. The molecule has 1 aromatic rings. The summed E-state index contributed by atoms with van der Waals surface area (Å²) in [6, 6.07) is 6.75. The zero-order valence-electron chi connectivity index (χ0n) is 11.3. The van der Waals surface area contributed by atoms with Crippen molar-refractivity contribution in [3.05, 3.63) is 29.8 Å². The molecule has 0 aliphatic heterocycles. The van der Waals surface area contributed by atoms with E-state index < -0.39 is 6.04 Å². The number of hydrogen-bond acceptors (Lipinski definition) is 4. The molecule has 0 aromatic heterocycles. The first-order valence-corrected chi connectivity index (χ1v) is 6.29. The van der Waals surface area contributed by atoms with Gasteiger partial charge < -0.3 is 9.47 Å². The SMILES string of the molecule is C#CCNC(C(=O)OCC)c1ccc(OCC)cc1. The molecule has 0 radical (unpaired) electrons. The van der Waals surface area contributed by atoms with Gasteiger partial charge in [0, 0.05) is 0 Å². The lowest BCUT2D eigenvalue weighted by atomic mass is 10.1. The minimum absolute atomic E-state index is 0.302.